The second-order valence-corrected chi connectivity index (χ2v) is 4.30. The molecule has 0 atom stereocenters. The summed E-state index contributed by atoms with van der Waals surface area (Å²) in [5.41, 5.74) is 0. The van der Waals surface area contributed by atoms with E-state index in [1.165, 1.54) is 0 Å². The average Bonchev–Trinajstić information content (AvgIpc) is 1.27. The lowest BCUT2D eigenvalue weighted by Gasteiger charge is -2.34. The van der Waals surface area contributed by atoms with Crippen LogP contribution in [0.15, 0.2) is 0 Å². The molecule has 0 N–H and O–H groups in total. The standard InChI is InChI=1S/C5H8FI/c1-4-2-5(6,7)3-4/h4H,2-3H2,1H3. The number of halogens is 2. The highest BCUT2D eigenvalue weighted by Gasteiger charge is 2.39. The van der Waals surface area contributed by atoms with Crippen LogP contribution in [0, 0.1) is 5.92 Å². The Kier molecular flexibility index (Phi) is 1.30. The van der Waals surface area contributed by atoms with Crippen molar-refractivity contribution in [3.8, 4) is 0 Å². The fourth-order valence-corrected chi connectivity index (χ4v) is 2.46. The van der Waals surface area contributed by atoms with Crippen molar-refractivity contribution >= 4 is 22.6 Å². The molecule has 0 bridgehead atoms. The maximum Gasteiger partial charge on any atom is 0.161 e. The highest BCUT2D eigenvalue weighted by Crippen LogP contribution is 2.45. The van der Waals surface area contributed by atoms with E-state index in [0.29, 0.717) is 5.92 Å². The van der Waals surface area contributed by atoms with E-state index >= 15 is 0 Å². The maximum atomic E-state index is 12.4. The van der Waals surface area contributed by atoms with Crippen molar-refractivity contribution in [1.29, 1.82) is 0 Å². The van der Waals surface area contributed by atoms with E-state index in [1.54, 1.807) is 0 Å². The molecule has 0 heterocycles. The first-order valence-electron chi connectivity index (χ1n) is 2.48. The molecule has 0 spiro atoms. The van der Waals surface area contributed by atoms with Crippen LogP contribution in [-0.4, -0.2) is 3.68 Å². The molecule has 0 nitrogen and oxygen atoms in total. The van der Waals surface area contributed by atoms with Crippen LogP contribution < -0.4 is 0 Å². The Morgan fingerprint density at radius 2 is 2.14 bits per heavy atom. The van der Waals surface area contributed by atoms with Gasteiger partial charge in [0.15, 0.2) is 3.68 Å². The molecule has 7 heavy (non-hydrogen) atoms. The highest BCUT2D eigenvalue weighted by atomic mass is 127. The first-order valence-corrected chi connectivity index (χ1v) is 3.56. The van der Waals surface area contributed by atoms with Gasteiger partial charge in [0.25, 0.3) is 0 Å². The van der Waals surface area contributed by atoms with Crippen LogP contribution in [0.25, 0.3) is 0 Å². The molecule has 0 aliphatic heterocycles. The van der Waals surface area contributed by atoms with Gasteiger partial charge in [0.05, 0.1) is 0 Å². The minimum atomic E-state index is -0.836. The zero-order valence-electron chi connectivity index (χ0n) is 4.25. The van der Waals surface area contributed by atoms with Gasteiger partial charge in [0.2, 0.25) is 0 Å². The average molecular weight is 214 g/mol. The van der Waals surface area contributed by atoms with Crippen LogP contribution in [0.1, 0.15) is 19.8 Å². The summed E-state index contributed by atoms with van der Waals surface area (Å²) in [5, 5.41) is 0. The zero-order valence-corrected chi connectivity index (χ0v) is 6.40. The zero-order chi connectivity index (χ0) is 5.49. The molecule has 0 aromatic heterocycles. The Balaban J connectivity index is 2.29. The molecule has 0 aromatic rings. The van der Waals surface area contributed by atoms with Crippen LogP contribution in [0.4, 0.5) is 4.39 Å². The summed E-state index contributed by atoms with van der Waals surface area (Å²) in [6.07, 6.45) is 1.52. The van der Waals surface area contributed by atoms with E-state index in [-0.39, 0.29) is 0 Å². The topological polar surface area (TPSA) is 0 Å². The normalized spacial score (nSPS) is 51.0. The Hall–Kier alpha value is 0.660. The Morgan fingerprint density at radius 3 is 2.14 bits per heavy atom. The molecule has 0 unspecified atom stereocenters. The van der Waals surface area contributed by atoms with E-state index < -0.39 is 3.68 Å². The minimum absolute atomic E-state index is 0.627. The molecular weight excluding hydrogens is 206 g/mol. The predicted molar refractivity (Wildman–Crippen MR) is 36.3 cm³/mol. The van der Waals surface area contributed by atoms with E-state index in [4.69, 9.17) is 0 Å². The molecule has 42 valence electrons. The number of hydrogen-bond acceptors (Lipinski definition) is 0. The van der Waals surface area contributed by atoms with Gasteiger partial charge in [-0.15, -0.1) is 0 Å². The third-order valence-electron chi connectivity index (χ3n) is 1.29. The van der Waals surface area contributed by atoms with E-state index in [1.807, 2.05) is 22.6 Å². The molecule has 0 saturated heterocycles. The quantitative estimate of drug-likeness (QED) is 0.429. The summed E-state index contributed by atoms with van der Waals surface area (Å²) >= 11 is 1.88. The van der Waals surface area contributed by atoms with Gasteiger partial charge in [0.1, 0.15) is 0 Å². The second-order valence-electron chi connectivity index (χ2n) is 2.37. The molecule has 1 saturated carbocycles. The molecule has 1 rings (SSSR count). The fourth-order valence-electron chi connectivity index (χ4n) is 0.960. The van der Waals surface area contributed by atoms with Gasteiger partial charge in [0, 0.05) is 0 Å². The summed E-state index contributed by atoms with van der Waals surface area (Å²) in [5.74, 6) is 0.627. The lowest BCUT2D eigenvalue weighted by atomic mass is 9.85. The van der Waals surface area contributed by atoms with Crippen molar-refractivity contribution in [2.75, 3.05) is 0 Å². The van der Waals surface area contributed by atoms with E-state index in [0.717, 1.165) is 12.8 Å². The van der Waals surface area contributed by atoms with Crippen molar-refractivity contribution in [1.82, 2.24) is 0 Å². The number of hydrogen-bond donors (Lipinski definition) is 0. The van der Waals surface area contributed by atoms with Crippen molar-refractivity contribution < 1.29 is 4.39 Å². The monoisotopic (exact) mass is 214 g/mol. The summed E-state index contributed by atoms with van der Waals surface area (Å²) in [7, 11) is 0. The molecule has 2 heteroatoms. The second kappa shape index (κ2) is 1.57. The highest BCUT2D eigenvalue weighted by molar-refractivity contribution is 14.1. The molecule has 0 amide bonds. The molecular formula is C5H8FI. The van der Waals surface area contributed by atoms with Gasteiger partial charge in [-0.25, -0.2) is 4.39 Å². The Bertz CT molecular complexity index is 72.1. The lowest BCUT2D eigenvalue weighted by molar-refractivity contribution is 0.126. The first-order chi connectivity index (χ1) is 3.10. The van der Waals surface area contributed by atoms with Gasteiger partial charge in [-0.2, -0.15) is 0 Å². The van der Waals surface area contributed by atoms with Crippen molar-refractivity contribution in [3.63, 3.8) is 0 Å². The van der Waals surface area contributed by atoms with Gasteiger partial charge >= 0.3 is 0 Å². The fraction of sp³-hybridized carbons (Fsp3) is 1.00. The van der Waals surface area contributed by atoms with E-state index in [9.17, 15) is 4.39 Å². The Labute approximate surface area is 56.6 Å². The first kappa shape index (κ1) is 5.79. The minimum Gasteiger partial charge on any atom is -0.232 e. The van der Waals surface area contributed by atoms with Gasteiger partial charge in [-0.3, -0.25) is 0 Å². The summed E-state index contributed by atoms with van der Waals surface area (Å²) < 4.78 is 11.6. The van der Waals surface area contributed by atoms with Crippen LogP contribution in [0.5, 0.6) is 0 Å². The third-order valence-corrected chi connectivity index (χ3v) is 2.18. The third kappa shape index (κ3) is 1.27. The molecule has 1 aliphatic rings. The SMILES string of the molecule is CC1CC(F)(I)C1. The smallest absolute Gasteiger partial charge is 0.161 e. The van der Waals surface area contributed by atoms with Gasteiger partial charge in [-0.05, 0) is 41.4 Å². The Morgan fingerprint density at radius 1 is 1.71 bits per heavy atom. The van der Waals surface area contributed by atoms with Crippen molar-refractivity contribution in [3.05, 3.63) is 0 Å². The number of rotatable bonds is 0. The van der Waals surface area contributed by atoms with Crippen LogP contribution >= 0.6 is 22.6 Å². The van der Waals surface area contributed by atoms with Crippen LogP contribution in [0.2, 0.25) is 0 Å². The molecule has 0 radical (unpaired) electrons. The summed E-state index contributed by atoms with van der Waals surface area (Å²) in [6, 6.07) is 0. The lowest BCUT2D eigenvalue weighted by Crippen LogP contribution is -2.31. The van der Waals surface area contributed by atoms with Gasteiger partial charge in [-0.1, -0.05) is 6.92 Å². The van der Waals surface area contributed by atoms with Crippen molar-refractivity contribution in [2.45, 2.75) is 23.4 Å². The number of alkyl halides is 2. The van der Waals surface area contributed by atoms with Crippen molar-refractivity contribution in [2.24, 2.45) is 5.92 Å². The van der Waals surface area contributed by atoms with Gasteiger partial charge < -0.3 is 0 Å². The predicted octanol–water partition coefficient (Wildman–Crippen LogP) is 2.52. The summed E-state index contributed by atoms with van der Waals surface area (Å²) in [6.45, 7) is 2.08. The molecule has 0 aromatic carbocycles. The molecule has 1 aliphatic carbocycles. The van der Waals surface area contributed by atoms with Crippen LogP contribution in [0.3, 0.4) is 0 Å². The molecule has 1 fully saturated rings. The maximum absolute atomic E-state index is 12.4. The summed E-state index contributed by atoms with van der Waals surface area (Å²) in [4.78, 5) is 0. The largest absolute Gasteiger partial charge is 0.232 e. The van der Waals surface area contributed by atoms with E-state index in [2.05, 4.69) is 6.92 Å². The van der Waals surface area contributed by atoms with Crippen LogP contribution in [-0.2, 0) is 0 Å².